The summed E-state index contributed by atoms with van der Waals surface area (Å²) in [5.74, 6) is 0.984. The van der Waals surface area contributed by atoms with Crippen LogP contribution in [0.1, 0.15) is 5.82 Å². The van der Waals surface area contributed by atoms with E-state index in [-0.39, 0.29) is 12.0 Å². The fraction of sp³-hybridized carbons (Fsp3) is 0.182. The van der Waals surface area contributed by atoms with E-state index in [0.29, 0.717) is 22.5 Å². The maximum atomic E-state index is 11.7. The molecular formula is C11H9N3O2. The summed E-state index contributed by atoms with van der Waals surface area (Å²) in [4.78, 5) is 18.4. The van der Waals surface area contributed by atoms with E-state index in [1.807, 2.05) is 6.07 Å². The van der Waals surface area contributed by atoms with Gasteiger partial charge in [-0.15, -0.1) is 0 Å². The number of nitrogens with zero attached hydrogens (tertiary/aromatic N) is 2. The summed E-state index contributed by atoms with van der Waals surface area (Å²) in [6, 6.07) is 6.99. The largest absolute Gasteiger partial charge is 0.497 e. The van der Waals surface area contributed by atoms with Gasteiger partial charge >= 0.3 is 0 Å². The highest BCUT2D eigenvalue weighted by molar-refractivity contribution is 5.79. The van der Waals surface area contributed by atoms with Gasteiger partial charge in [-0.1, -0.05) is 0 Å². The van der Waals surface area contributed by atoms with Gasteiger partial charge < -0.3 is 9.72 Å². The fourth-order valence-corrected chi connectivity index (χ4v) is 1.45. The summed E-state index contributed by atoms with van der Waals surface area (Å²) >= 11 is 0. The minimum absolute atomic E-state index is 0.0945. The maximum Gasteiger partial charge on any atom is 0.258 e. The number of nitrogens with one attached hydrogen (secondary N) is 1. The molecule has 2 rings (SSSR count). The summed E-state index contributed by atoms with van der Waals surface area (Å²) in [6.45, 7) is 0. The second-order valence-electron chi connectivity index (χ2n) is 3.23. The molecule has 0 aliphatic carbocycles. The van der Waals surface area contributed by atoms with Crippen molar-refractivity contribution in [3.8, 4) is 11.8 Å². The zero-order valence-electron chi connectivity index (χ0n) is 8.65. The topological polar surface area (TPSA) is 78.8 Å². The molecule has 1 aromatic carbocycles. The van der Waals surface area contributed by atoms with Gasteiger partial charge in [0.05, 0.1) is 30.5 Å². The Bertz CT molecular complexity index is 625. The molecule has 0 amide bonds. The molecule has 5 nitrogen and oxygen atoms in total. The Balaban J connectivity index is 2.67. The molecular weight excluding hydrogens is 206 g/mol. The van der Waals surface area contributed by atoms with Gasteiger partial charge in [0, 0.05) is 0 Å². The van der Waals surface area contributed by atoms with Gasteiger partial charge in [-0.05, 0) is 18.2 Å². The molecule has 0 saturated carbocycles. The summed E-state index contributed by atoms with van der Waals surface area (Å²) in [6.07, 6.45) is 0.0945. The first-order valence-corrected chi connectivity index (χ1v) is 4.68. The van der Waals surface area contributed by atoms with Crippen LogP contribution in [0.4, 0.5) is 0 Å². The van der Waals surface area contributed by atoms with E-state index >= 15 is 0 Å². The van der Waals surface area contributed by atoms with Crippen molar-refractivity contribution in [3.63, 3.8) is 0 Å². The Hall–Kier alpha value is -2.35. The maximum absolute atomic E-state index is 11.7. The third kappa shape index (κ3) is 1.73. The van der Waals surface area contributed by atoms with Crippen LogP contribution in [0.5, 0.6) is 5.75 Å². The number of fused-ring (bicyclic) bond motifs is 1. The highest BCUT2D eigenvalue weighted by atomic mass is 16.5. The van der Waals surface area contributed by atoms with Crippen LogP contribution in [0, 0.1) is 11.3 Å². The molecule has 0 fully saturated rings. The molecule has 0 unspecified atom stereocenters. The summed E-state index contributed by atoms with van der Waals surface area (Å²) in [7, 11) is 1.53. The lowest BCUT2D eigenvalue weighted by atomic mass is 10.2. The Morgan fingerprint density at radius 3 is 3.06 bits per heavy atom. The third-order valence-corrected chi connectivity index (χ3v) is 2.21. The van der Waals surface area contributed by atoms with E-state index < -0.39 is 0 Å². The molecule has 0 aliphatic heterocycles. The fourth-order valence-electron chi connectivity index (χ4n) is 1.45. The van der Waals surface area contributed by atoms with Crippen LogP contribution in [0.2, 0.25) is 0 Å². The molecule has 0 radical (unpaired) electrons. The molecule has 16 heavy (non-hydrogen) atoms. The zero-order valence-corrected chi connectivity index (χ0v) is 8.65. The Morgan fingerprint density at radius 1 is 1.56 bits per heavy atom. The lowest BCUT2D eigenvalue weighted by molar-refractivity contribution is 0.415. The first-order valence-electron chi connectivity index (χ1n) is 4.68. The Labute approximate surface area is 91.3 Å². The van der Waals surface area contributed by atoms with Gasteiger partial charge in [0.15, 0.2) is 0 Å². The highest BCUT2D eigenvalue weighted by Gasteiger charge is 2.04. The van der Waals surface area contributed by atoms with Crippen LogP contribution in [0.3, 0.4) is 0 Å². The van der Waals surface area contributed by atoms with E-state index in [2.05, 4.69) is 9.97 Å². The first kappa shape index (κ1) is 10.2. The van der Waals surface area contributed by atoms with Crippen LogP contribution in [-0.2, 0) is 6.42 Å². The number of rotatable bonds is 2. The van der Waals surface area contributed by atoms with Crippen molar-refractivity contribution < 1.29 is 4.74 Å². The molecule has 0 atom stereocenters. The lowest BCUT2D eigenvalue weighted by Gasteiger charge is -2.02. The van der Waals surface area contributed by atoms with Crippen molar-refractivity contribution >= 4 is 10.9 Å². The summed E-state index contributed by atoms with van der Waals surface area (Å²) < 4.78 is 5.02. The van der Waals surface area contributed by atoms with Crippen molar-refractivity contribution in [1.29, 1.82) is 5.26 Å². The van der Waals surface area contributed by atoms with Gasteiger partial charge in [-0.25, -0.2) is 4.98 Å². The molecule has 0 aliphatic rings. The summed E-state index contributed by atoms with van der Waals surface area (Å²) in [5, 5.41) is 8.99. The molecule has 2 aromatic rings. The van der Waals surface area contributed by atoms with Crippen molar-refractivity contribution in [2.24, 2.45) is 0 Å². The van der Waals surface area contributed by atoms with E-state index in [0.717, 1.165) is 0 Å². The predicted octanol–water partition coefficient (Wildman–Crippen LogP) is 0.998. The lowest BCUT2D eigenvalue weighted by Crippen LogP contribution is -2.11. The molecule has 1 N–H and O–H groups in total. The van der Waals surface area contributed by atoms with E-state index in [1.54, 1.807) is 18.2 Å². The number of hydrogen-bond acceptors (Lipinski definition) is 4. The number of aromatic amines is 1. The molecule has 0 bridgehead atoms. The van der Waals surface area contributed by atoms with Gasteiger partial charge in [0.2, 0.25) is 0 Å². The standard InChI is InChI=1S/C11H9N3O2/c1-16-7-2-3-9-8(6-7)11(15)14-10(13-9)4-5-12/h2-3,6H,4H2,1H3,(H,13,14,15). The van der Waals surface area contributed by atoms with E-state index in [9.17, 15) is 4.79 Å². The number of benzene rings is 1. The van der Waals surface area contributed by atoms with Crippen LogP contribution in [0.15, 0.2) is 23.0 Å². The van der Waals surface area contributed by atoms with Crippen molar-refractivity contribution in [2.45, 2.75) is 6.42 Å². The van der Waals surface area contributed by atoms with Crippen LogP contribution >= 0.6 is 0 Å². The minimum Gasteiger partial charge on any atom is -0.497 e. The molecule has 1 heterocycles. The summed E-state index contributed by atoms with van der Waals surface area (Å²) in [5.41, 5.74) is 0.309. The number of ether oxygens (including phenoxy) is 1. The van der Waals surface area contributed by atoms with Crippen molar-refractivity contribution in [3.05, 3.63) is 34.4 Å². The SMILES string of the molecule is COc1ccc2nc(CC#N)[nH]c(=O)c2c1. The molecule has 0 spiro atoms. The van der Waals surface area contributed by atoms with Crippen molar-refractivity contribution in [1.82, 2.24) is 9.97 Å². The van der Waals surface area contributed by atoms with Gasteiger partial charge in [0.1, 0.15) is 11.6 Å². The Kier molecular flexibility index (Phi) is 2.56. The number of hydrogen-bond donors (Lipinski definition) is 1. The average Bonchev–Trinajstić information content (AvgIpc) is 2.29. The molecule has 5 heteroatoms. The zero-order chi connectivity index (χ0) is 11.5. The van der Waals surface area contributed by atoms with Crippen molar-refractivity contribution in [2.75, 3.05) is 7.11 Å². The third-order valence-electron chi connectivity index (χ3n) is 2.21. The van der Waals surface area contributed by atoms with Gasteiger partial charge in [-0.2, -0.15) is 5.26 Å². The monoisotopic (exact) mass is 215 g/mol. The van der Waals surface area contributed by atoms with Gasteiger partial charge in [0.25, 0.3) is 5.56 Å². The average molecular weight is 215 g/mol. The van der Waals surface area contributed by atoms with E-state index in [1.165, 1.54) is 7.11 Å². The quantitative estimate of drug-likeness (QED) is 0.810. The Morgan fingerprint density at radius 2 is 2.38 bits per heavy atom. The molecule has 80 valence electrons. The minimum atomic E-state index is -0.255. The van der Waals surface area contributed by atoms with Crippen LogP contribution < -0.4 is 10.3 Å². The normalized spacial score (nSPS) is 10.0. The predicted molar refractivity (Wildman–Crippen MR) is 58.2 cm³/mol. The van der Waals surface area contributed by atoms with E-state index in [4.69, 9.17) is 10.00 Å². The van der Waals surface area contributed by atoms with Gasteiger partial charge in [-0.3, -0.25) is 4.79 Å². The highest BCUT2D eigenvalue weighted by Crippen LogP contribution is 2.15. The number of methoxy groups -OCH3 is 1. The number of H-pyrrole nitrogens is 1. The molecule has 1 aromatic heterocycles. The number of aromatic nitrogens is 2. The first-order chi connectivity index (χ1) is 7.74. The van der Waals surface area contributed by atoms with Crippen LogP contribution in [0.25, 0.3) is 10.9 Å². The second-order valence-corrected chi connectivity index (χ2v) is 3.23. The second kappa shape index (κ2) is 4.03. The van der Waals surface area contributed by atoms with Crippen LogP contribution in [-0.4, -0.2) is 17.1 Å². The smallest absolute Gasteiger partial charge is 0.258 e. The molecule has 0 saturated heterocycles. The number of nitriles is 1.